The molecule has 0 aliphatic carbocycles. The maximum absolute atomic E-state index is 11.3. The zero-order valence-corrected chi connectivity index (χ0v) is 8.88. The van der Waals surface area contributed by atoms with Gasteiger partial charge in [0.05, 0.1) is 13.1 Å². The van der Waals surface area contributed by atoms with Gasteiger partial charge in [-0.05, 0) is 6.42 Å². The number of rotatable bonds is 6. The Bertz CT molecular complexity index is 258. The maximum Gasteiger partial charge on any atom is 0.239 e. The van der Waals surface area contributed by atoms with Gasteiger partial charge >= 0.3 is 0 Å². The highest BCUT2D eigenvalue weighted by molar-refractivity contribution is 5.85. The number of nitrogens with two attached hydrogens (primary N) is 1. The molecular formula is C10H17N3O2. The lowest BCUT2D eigenvalue weighted by molar-refractivity contribution is -0.125. The van der Waals surface area contributed by atoms with Gasteiger partial charge in [-0.15, -0.1) is 12.3 Å². The molecule has 0 bridgehead atoms. The Hall–Kier alpha value is -1.54. The van der Waals surface area contributed by atoms with Crippen LogP contribution in [0.1, 0.15) is 19.8 Å². The van der Waals surface area contributed by atoms with E-state index in [0.29, 0.717) is 6.42 Å². The van der Waals surface area contributed by atoms with Crippen molar-refractivity contribution in [2.24, 2.45) is 5.73 Å². The molecule has 0 spiro atoms. The van der Waals surface area contributed by atoms with Crippen LogP contribution in [0.5, 0.6) is 0 Å². The Morgan fingerprint density at radius 3 is 2.60 bits per heavy atom. The Kier molecular flexibility index (Phi) is 7.02. The van der Waals surface area contributed by atoms with Gasteiger partial charge in [-0.2, -0.15) is 0 Å². The van der Waals surface area contributed by atoms with E-state index in [1.54, 1.807) is 0 Å². The summed E-state index contributed by atoms with van der Waals surface area (Å²) in [6.07, 6.45) is 6.39. The van der Waals surface area contributed by atoms with E-state index >= 15 is 0 Å². The molecular weight excluding hydrogens is 194 g/mol. The maximum atomic E-state index is 11.3. The van der Waals surface area contributed by atoms with Gasteiger partial charge in [0.15, 0.2) is 0 Å². The first-order chi connectivity index (χ1) is 7.13. The first-order valence-electron chi connectivity index (χ1n) is 4.83. The van der Waals surface area contributed by atoms with Crippen LogP contribution < -0.4 is 16.4 Å². The monoisotopic (exact) mass is 211 g/mol. The van der Waals surface area contributed by atoms with Gasteiger partial charge in [-0.25, -0.2) is 0 Å². The second kappa shape index (κ2) is 7.83. The average molecular weight is 211 g/mol. The van der Waals surface area contributed by atoms with Crippen LogP contribution in [0.2, 0.25) is 0 Å². The molecule has 84 valence electrons. The van der Waals surface area contributed by atoms with Crippen molar-refractivity contribution in [2.45, 2.75) is 25.8 Å². The molecule has 15 heavy (non-hydrogen) atoms. The van der Waals surface area contributed by atoms with Gasteiger partial charge in [-0.3, -0.25) is 9.59 Å². The second-order valence-electron chi connectivity index (χ2n) is 3.06. The number of nitrogens with one attached hydrogen (secondary N) is 2. The molecule has 0 aromatic carbocycles. The van der Waals surface area contributed by atoms with Crippen LogP contribution in [0, 0.1) is 12.3 Å². The summed E-state index contributed by atoms with van der Waals surface area (Å²) in [6.45, 7) is 1.76. The molecule has 0 aromatic heterocycles. The molecule has 0 heterocycles. The summed E-state index contributed by atoms with van der Waals surface area (Å²) in [6, 6.07) is -0.0303. The van der Waals surface area contributed by atoms with Crippen LogP contribution in [0.25, 0.3) is 0 Å². The molecule has 1 atom stereocenters. The number of carbonyl (C=O) groups is 2. The van der Waals surface area contributed by atoms with Crippen molar-refractivity contribution < 1.29 is 9.59 Å². The first-order valence-corrected chi connectivity index (χ1v) is 4.83. The molecule has 1 unspecified atom stereocenters. The van der Waals surface area contributed by atoms with Gasteiger partial charge in [0.25, 0.3) is 0 Å². The summed E-state index contributed by atoms with van der Waals surface area (Å²) in [5, 5.41) is 5.09. The normalized spacial score (nSPS) is 11.3. The third kappa shape index (κ3) is 6.52. The van der Waals surface area contributed by atoms with E-state index in [1.165, 1.54) is 0 Å². The van der Waals surface area contributed by atoms with E-state index in [9.17, 15) is 9.59 Å². The number of carbonyl (C=O) groups excluding carboxylic acids is 2. The highest BCUT2D eigenvalue weighted by Gasteiger charge is 2.09. The molecule has 0 fully saturated rings. The van der Waals surface area contributed by atoms with Crippen molar-refractivity contribution >= 4 is 11.8 Å². The van der Waals surface area contributed by atoms with Gasteiger partial charge in [-0.1, -0.05) is 6.92 Å². The summed E-state index contributed by atoms with van der Waals surface area (Å²) in [7, 11) is 0. The summed E-state index contributed by atoms with van der Waals surface area (Å²) < 4.78 is 0. The van der Waals surface area contributed by atoms with Gasteiger partial charge < -0.3 is 16.4 Å². The summed E-state index contributed by atoms with van der Waals surface area (Å²) in [5.74, 6) is 1.88. The molecule has 0 aliphatic rings. The van der Waals surface area contributed by atoms with Crippen LogP contribution >= 0.6 is 0 Å². The predicted octanol–water partition coefficient (Wildman–Crippen LogP) is -1.02. The van der Waals surface area contributed by atoms with Crippen LogP contribution in [0.15, 0.2) is 0 Å². The molecule has 0 aromatic rings. The third-order valence-corrected chi connectivity index (χ3v) is 1.85. The fraction of sp³-hybridized carbons (Fsp3) is 0.600. The minimum Gasteiger partial charge on any atom is -0.351 e. The fourth-order valence-electron chi connectivity index (χ4n) is 0.969. The Morgan fingerprint density at radius 2 is 2.13 bits per heavy atom. The second-order valence-corrected chi connectivity index (χ2v) is 3.06. The molecule has 4 N–H and O–H groups in total. The number of hydrogen-bond donors (Lipinski definition) is 3. The van der Waals surface area contributed by atoms with Crippen molar-refractivity contribution in [1.29, 1.82) is 0 Å². The predicted molar refractivity (Wildman–Crippen MR) is 57.7 cm³/mol. The molecule has 0 rings (SSSR count). The van der Waals surface area contributed by atoms with Crippen molar-refractivity contribution in [1.82, 2.24) is 10.6 Å². The van der Waals surface area contributed by atoms with Gasteiger partial charge in [0.1, 0.15) is 0 Å². The molecule has 0 radical (unpaired) electrons. The molecule has 5 nitrogen and oxygen atoms in total. The Labute approximate surface area is 89.8 Å². The quantitative estimate of drug-likeness (QED) is 0.492. The van der Waals surface area contributed by atoms with Crippen LogP contribution in [0.3, 0.4) is 0 Å². The SMILES string of the molecule is C#CCC(CC)NC(=O)CNC(=O)CN. The molecule has 0 saturated carbocycles. The van der Waals surface area contributed by atoms with Crippen molar-refractivity contribution in [2.75, 3.05) is 13.1 Å². The minimum atomic E-state index is -0.352. The van der Waals surface area contributed by atoms with E-state index in [0.717, 1.165) is 6.42 Å². The summed E-state index contributed by atoms with van der Waals surface area (Å²) in [4.78, 5) is 22.0. The van der Waals surface area contributed by atoms with E-state index in [4.69, 9.17) is 12.2 Å². The van der Waals surface area contributed by atoms with E-state index in [2.05, 4.69) is 16.6 Å². The van der Waals surface area contributed by atoms with E-state index < -0.39 is 0 Å². The van der Waals surface area contributed by atoms with Gasteiger partial charge in [0.2, 0.25) is 11.8 Å². The molecule has 0 saturated heterocycles. The van der Waals surface area contributed by atoms with Crippen LogP contribution in [-0.2, 0) is 9.59 Å². The largest absolute Gasteiger partial charge is 0.351 e. The number of amides is 2. The minimum absolute atomic E-state index is 0.0303. The molecule has 2 amide bonds. The lowest BCUT2D eigenvalue weighted by Gasteiger charge is -2.14. The summed E-state index contributed by atoms with van der Waals surface area (Å²) >= 11 is 0. The van der Waals surface area contributed by atoms with E-state index in [-0.39, 0.29) is 30.9 Å². The van der Waals surface area contributed by atoms with Crippen LogP contribution in [0.4, 0.5) is 0 Å². The highest BCUT2D eigenvalue weighted by atomic mass is 16.2. The third-order valence-electron chi connectivity index (χ3n) is 1.85. The fourth-order valence-corrected chi connectivity index (χ4v) is 0.969. The highest BCUT2D eigenvalue weighted by Crippen LogP contribution is 1.94. The van der Waals surface area contributed by atoms with Crippen LogP contribution in [-0.4, -0.2) is 30.9 Å². The van der Waals surface area contributed by atoms with Crippen molar-refractivity contribution in [3.05, 3.63) is 0 Å². The van der Waals surface area contributed by atoms with Crippen molar-refractivity contribution in [3.63, 3.8) is 0 Å². The zero-order chi connectivity index (χ0) is 11.7. The Morgan fingerprint density at radius 1 is 1.47 bits per heavy atom. The molecule has 0 aliphatic heterocycles. The zero-order valence-electron chi connectivity index (χ0n) is 8.88. The standard InChI is InChI=1S/C10H17N3O2/c1-3-5-8(4-2)13-10(15)7-12-9(14)6-11/h1,8H,4-7,11H2,2H3,(H,12,14)(H,13,15). The number of hydrogen-bond acceptors (Lipinski definition) is 3. The topological polar surface area (TPSA) is 84.2 Å². The van der Waals surface area contributed by atoms with E-state index in [1.807, 2.05) is 6.92 Å². The smallest absolute Gasteiger partial charge is 0.239 e. The van der Waals surface area contributed by atoms with Crippen molar-refractivity contribution in [3.8, 4) is 12.3 Å². The lowest BCUT2D eigenvalue weighted by Crippen LogP contribution is -2.43. The average Bonchev–Trinajstić information content (AvgIpc) is 2.25. The lowest BCUT2D eigenvalue weighted by atomic mass is 10.1. The first kappa shape index (κ1) is 13.5. The molecule has 5 heteroatoms. The number of terminal acetylenes is 1. The van der Waals surface area contributed by atoms with Gasteiger partial charge in [0, 0.05) is 12.5 Å². The Balaban J connectivity index is 3.81. The summed E-state index contributed by atoms with van der Waals surface area (Å²) in [5.41, 5.74) is 5.06.